The Labute approximate surface area is 130 Å². The molecule has 0 saturated heterocycles. The normalized spacial score (nSPS) is 11.2. The van der Waals surface area contributed by atoms with Crippen molar-refractivity contribution < 1.29 is 13.2 Å². The van der Waals surface area contributed by atoms with Crippen LogP contribution in [0.2, 0.25) is 0 Å². The van der Waals surface area contributed by atoms with Gasteiger partial charge in [-0.2, -0.15) is 0 Å². The van der Waals surface area contributed by atoms with Gasteiger partial charge in [0.15, 0.2) is 0 Å². The van der Waals surface area contributed by atoms with Gasteiger partial charge in [-0.3, -0.25) is 4.79 Å². The van der Waals surface area contributed by atoms with Crippen molar-refractivity contribution >= 4 is 21.4 Å². The number of hydrogen-bond donors (Lipinski definition) is 2. The lowest BCUT2D eigenvalue weighted by molar-refractivity contribution is -0.114. The molecule has 0 aliphatic carbocycles. The molecule has 6 heteroatoms. The van der Waals surface area contributed by atoms with E-state index in [1.165, 1.54) is 12.1 Å². The molecule has 1 amide bonds. The molecule has 3 N–H and O–H groups in total. The Hall–Kier alpha value is -2.18. The maximum absolute atomic E-state index is 12.7. The summed E-state index contributed by atoms with van der Waals surface area (Å²) in [5.41, 5.74) is 7.58. The average Bonchev–Trinajstić information content (AvgIpc) is 2.50. The number of sulfone groups is 1. The Morgan fingerprint density at radius 2 is 1.73 bits per heavy atom. The number of rotatable bonds is 4. The highest BCUT2D eigenvalue weighted by molar-refractivity contribution is 7.91. The minimum Gasteiger partial charge on any atom is -0.325 e. The van der Waals surface area contributed by atoms with Crippen LogP contribution in [0.4, 0.5) is 5.69 Å². The molecular formula is C16H18N2O3S. The summed E-state index contributed by atoms with van der Waals surface area (Å²) in [7, 11) is -3.63. The average molecular weight is 318 g/mol. The number of amides is 1. The van der Waals surface area contributed by atoms with Crippen LogP contribution < -0.4 is 11.1 Å². The van der Waals surface area contributed by atoms with Crippen LogP contribution in [-0.4, -0.2) is 20.9 Å². The van der Waals surface area contributed by atoms with Gasteiger partial charge >= 0.3 is 0 Å². The van der Waals surface area contributed by atoms with Crippen LogP contribution in [0.15, 0.2) is 52.3 Å². The predicted molar refractivity (Wildman–Crippen MR) is 85.5 cm³/mol. The number of aryl methyl sites for hydroxylation is 2. The highest BCUT2D eigenvalue weighted by Gasteiger charge is 2.18. The molecule has 2 rings (SSSR count). The molecule has 0 heterocycles. The molecule has 2 aromatic rings. The van der Waals surface area contributed by atoms with Crippen molar-refractivity contribution in [2.45, 2.75) is 23.6 Å². The third-order valence-corrected chi connectivity index (χ3v) is 5.15. The Morgan fingerprint density at radius 3 is 2.36 bits per heavy atom. The first-order chi connectivity index (χ1) is 10.3. The molecule has 116 valence electrons. The van der Waals surface area contributed by atoms with Gasteiger partial charge < -0.3 is 11.1 Å². The zero-order valence-corrected chi connectivity index (χ0v) is 13.3. The van der Waals surface area contributed by atoms with E-state index in [9.17, 15) is 13.2 Å². The first-order valence-electron chi connectivity index (χ1n) is 6.77. The van der Waals surface area contributed by atoms with Gasteiger partial charge in [0.2, 0.25) is 15.7 Å². The van der Waals surface area contributed by atoms with E-state index < -0.39 is 9.84 Å². The van der Waals surface area contributed by atoms with Gasteiger partial charge in [-0.1, -0.05) is 12.1 Å². The number of carbonyl (C=O) groups is 1. The zero-order chi connectivity index (χ0) is 16.3. The molecule has 0 saturated carbocycles. The topological polar surface area (TPSA) is 89.3 Å². The standard InChI is InChI=1S/C16H18N2O3S/c1-11-6-7-15(8-12(11)2)22(20,21)14-5-3-4-13(9-14)18-16(19)10-17/h3-9H,10,17H2,1-2H3,(H,18,19). The lowest BCUT2D eigenvalue weighted by Crippen LogP contribution is -2.21. The number of nitrogens with one attached hydrogen (secondary N) is 1. The van der Waals surface area contributed by atoms with E-state index in [-0.39, 0.29) is 22.2 Å². The summed E-state index contributed by atoms with van der Waals surface area (Å²) in [5.74, 6) is -0.374. The lowest BCUT2D eigenvalue weighted by Gasteiger charge is -2.09. The van der Waals surface area contributed by atoms with Gasteiger partial charge in [-0.25, -0.2) is 8.42 Å². The molecule has 0 bridgehead atoms. The van der Waals surface area contributed by atoms with Crippen molar-refractivity contribution in [3.05, 3.63) is 53.6 Å². The van der Waals surface area contributed by atoms with Crippen molar-refractivity contribution in [1.29, 1.82) is 0 Å². The van der Waals surface area contributed by atoms with E-state index in [4.69, 9.17) is 5.73 Å². The Balaban J connectivity index is 2.43. The third kappa shape index (κ3) is 3.35. The number of nitrogens with two attached hydrogens (primary N) is 1. The molecule has 2 aromatic carbocycles. The third-order valence-electron chi connectivity index (χ3n) is 3.40. The quantitative estimate of drug-likeness (QED) is 0.902. The molecule has 0 aliphatic rings. The van der Waals surface area contributed by atoms with E-state index >= 15 is 0 Å². The second-order valence-electron chi connectivity index (χ2n) is 5.03. The zero-order valence-electron chi connectivity index (χ0n) is 12.5. The number of benzene rings is 2. The van der Waals surface area contributed by atoms with Crippen molar-refractivity contribution in [3.63, 3.8) is 0 Å². The Kier molecular flexibility index (Phi) is 4.63. The van der Waals surface area contributed by atoms with Gasteiger partial charge in [0.25, 0.3) is 0 Å². The summed E-state index contributed by atoms with van der Waals surface area (Å²) in [5, 5.41) is 2.55. The Morgan fingerprint density at radius 1 is 1.05 bits per heavy atom. The van der Waals surface area contributed by atoms with E-state index in [0.717, 1.165) is 11.1 Å². The van der Waals surface area contributed by atoms with Crippen LogP contribution in [-0.2, 0) is 14.6 Å². The van der Waals surface area contributed by atoms with Gasteiger partial charge in [0.1, 0.15) is 0 Å². The van der Waals surface area contributed by atoms with Gasteiger partial charge in [0.05, 0.1) is 16.3 Å². The van der Waals surface area contributed by atoms with Gasteiger partial charge in [0, 0.05) is 5.69 Å². The van der Waals surface area contributed by atoms with Crippen LogP contribution in [0.3, 0.4) is 0 Å². The van der Waals surface area contributed by atoms with Crippen molar-refractivity contribution in [2.75, 3.05) is 11.9 Å². The molecule has 0 atom stereocenters. The SMILES string of the molecule is Cc1ccc(S(=O)(=O)c2cccc(NC(=O)CN)c2)cc1C. The minimum absolute atomic E-state index is 0.130. The maximum atomic E-state index is 12.7. The summed E-state index contributed by atoms with van der Waals surface area (Å²) >= 11 is 0. The fraction of sp³-hybridized carbons (Fsp3) is 0.188. The molecule has 22 heavy (non-hydrogen) atoms. The fourth-order valence-electron chi connectivity index (χ4n) is 1.97. The molecule has 0 unspecified atom stereocenters. The highest BCUT2D eigenvalue weighted by Crippen LogP contribution is 2.24. The predicted octanol–water partition coefficient (Wildman–Crippen LogP) is 2.03. The van der Waals surface area contributed by atoms with Gasteiger partial charge in [-0.05, 0) is 55.3 Å². The summed E-state index contributed by atoms with van der Waals surface area (Å²) in [6.45, 7) is 3.63. The maximum Gasteiger partial charge on any atom is 0.238 e. The van der Waals surface area contributed by atoms with Crippen molar-refractivity contribution in [3.8, 4) is 0 Å². The molecule has 0 radical (unpaired) electrons. The molecular weight excluding hydrogens is 300 g/mol. The van der Waals surface area contributed by atoms with Crippen LogP contribution in [0.1, 0.15) is 11.1 Å². The summed E-state index contributed by atoms with van der Waals surface area (Å²) in [4.78, 5) is 11.7. The molecule has 5 nitrogen and oxygen atoms in total. The second-order valence-corrected chi connectivity index (χ2v) is 6.98. The van der Waals surface area contributed by atoms with Crippen LogP contribution in [0, 0.1) is 13.8 Å². The smallest absolute Gasteiger partial charge is 0.238 e. The van der Waals surface area contributed by atoms with Crippen LogP contribution >= 0.6 is 0 Å². The van der Waals surface area contributed by atoms with E-state index in [0.29, 0.717) is 5.69 Å². The summed E-state index contributed by atoms with van der Waals surface area (Å²) in [6, 6.07) is 11.1. The molecule has 0 aliphatic heterocycles. The molecule has 0 fully saturated rings. The monoisotopic (exact) mass is 318 g/mol. The molecule has 0 aromatic heterocycles. The van der Waals surface area contributed by atoms with E-state index in [1.807, 2.05) is 13.8 Å². The summed E-state index contributed by atoms with van der Waals surface area (Å²) < 4.78 is 25.3. The molecule has 0 spiro atoms. The van der Waals surface area contributed by atoms with Crippen LogP contribution in [0.5, 0.6) is 0 Å². The largest absolute Gasteiger partial charge is 0.325 e. The van der Waals surface area contributed by atoms with Gasteiger partial charge in [-0.15, -0.1) is 0 Å². The fourth-order valence-corrected chi connectivity index (χ4v) is 3.36. The second kappa shape index (κ2) is 6.29. The van der Waals surface area contributed by atoms with Crippen LogP contribution in [0.25, 0.3) is 0 Å². The van der Waals surface area contributed by atoms with Crippen molar-refractivity contribution in [2.24, 2.45) is 5.73 Å². The Bertz CT molecular complexity index is 814. The number of carbonyl (C=O) groups excluding carboxylic acids is 1. The highest BCUT2D eigenvalue weighted by atomic mass is 32.2. The minimum atomic E-state index is -3.63. The first-order valence-corrected chi connectivity index (χ1v) is 8.25. The van der Waals surface area contributed by atoms with E-state index in [1.54, 1.807) is 30.3 Å². The lowest BCUT2D eigenvalue weighted by atomic mass is 10.1. The first kappa shape index (κ1) is 16.2. The number of hydrogen-bond acceptors (Lipinski definition) is 4. The van der Waals surface area contributed by atoms with E-state index in [2.05, 4.69) is 5.32 Å². The number of anilines is 1. The van der Waals surface area contributed by atoms with Crippen molar-refractivity contribution in [1.82, 2.24) is 0 Å². The summed E-state index contributed by atoms with van der Waals surface area (Å²) in [6.07, 6.45) is 0.